The van der Waals surface area contributed by atoms with Crippen molar-refractivity contribution in [3.8, 4) is 0 Å². The van der Waals surface area contributed by atoms with E-state index in [0.717, 1.165) is 6.42 Å². The van der Waals surface area contributed by atoms with Crippen LogP contribution in [0.3, 0.4) is 0 Å². The number of hydrogen-bond donors (Lipinski definition) is 2. The maximum absolute atomic E-state index is 11.7. The summed E-state index contributed by atoms with van der Waals surface area (Å²) in [5, 5.41) is 2.54. The van der Waals surface area contributed by atoms with E-state index in [1.807, 2.05) is 6.92 Å². The van der Waals surface area contributed by atoms with Gasteiger partial charge in [-0.3, -0.25) is 4.79 Å². The summed E-state index contributed by atoms with van der Waals surface area (Å²) < 4.78 is 29.9. The van der Waals surface area contributed by atoms with Gasteiger partial charge < -0.3 is 10.1 Å². The molecule has 0 unspecified atom stereocenters. The van der Waals surface area contributed by atoms with Gasteiger partial charge in [-0.1, -0.05) is 13.3 Å². The number of unbranched alkanes of at least 4 members (excludes halogenated alkanes) is 1. The second-order valence-electron chi connectivity index (χ2n) is 4.61. The van der Waals surface area contributed by atoms with Gasteiger partial charge in [-0.2, -0.15) is 0 Å². The summed E-state index contributed by atoms with van der Waals surface area (Å²) in [5.74, 6) is -0.947. The standard InChI is InChI=1S/C14H20N2O5S/c1-3-4-9-22(19,20)15-10-13(17)16-12-7-5-11(6-8-12)14(18)21-2/h5-8,15H,3-4,9-10H2,1-2H3,(H,16,17). The van der Waals surface area contributed by atoms with Gasteiger partial charge in [-0.25, -0.2) is 17.9 Å². The van der Waals surface area contributed by atoms with Crippen LogP contribution in [-0.2, 0) is 19.6 Å². The van der Waals surface area contributed by atoms with Gasteiger partial charge >= 0.3 is 5.97 Å². The summed E-state index contributed by atoms with van der Waals surface area (Å²) in [6.07, 6.45) is 1.31. The first-order chi connectivity index (χ1) is 10.4. The van der Waals surface area contributed by atoms with Gasteiger partial charge in [-0.05, 0) is 30.7 Å². The minimum absolute atomic E-state index is 0.00457. The summed E-state index contributed by atoms with van der Waals surface area (Å²) in [5.41, 5.74) is 0.825. The molecule has 0 aliphatic carbocycles. The van der Waals surface area contributed by atoms with Gasteiger partial charge in [0.05, 0.1) is 25.0 Å². The molecule has 1 aromatic carbocycles. The summed E-state index contributed by atoms with van der Waals surface area (Å²) in [6, 6.07) is 6.09. The lowest BCUT2D eigenvalue weighted by molar-refractivity contribution is -0.115. The number of amides is 1. The van der Waals surface area contributed by atoms with Crippen molar-refractivity contribution >= 4 is 27.6 Å². The number of benzene rings is 1. The third-order valence-electron chi connectivity index (χ3n) is 2.81. The lowest BCUT2D eigenvalue weighted by Crippen LogP contribution is -2.34. The van der Waals surface area contributed by atoms with Crippen molar-refractivity contribution in [2.75, 3.05) is 24.7 Å². The van der Waals surface area contributed by atoms with Gasteiger partial charge in [-0.15, -0.1) is 0 Å². The Kier molecular flexibility index (Phi) is 7.00. The minimum atomic E-state index is -3.42. The number of esters is 1. The van der Waals surface area contributed by atoms with Gasteiger partial charge in [0.1, 0.15) is 0 Å². The van der Waals surface area contributed by atoms with Crippen LogP contribution in [0.2, 0.25) is 0 Å². The van der Waals surface area contributed by atoms with Gasteiger partial charge in [0.2, 0.25) is 15.9 Å². The molecule has 0 radical (unpaired) electrons. The van der Waals surface area contributed by atoms with E-state index in [-0.39, 0.29) is 12.3 Å². The molecule has 7 nitrogen and oxygen atoms in total. The molecule has 0 saturated heterocycles. The zero-order valence-electron chi connectivity index (χ0n) is 12.6. The van der Waals surface area contributed by atoms with Crippen LogP contribution in [0.25, 0.3) is 0 Å². The Morgan fingerprint density at radius 3 is 2.36 bits per heavy atom. The fourth-order valence-electron chi connectivity index (χ4n) is 1.59. The van der Waals surface area contributed by atoms with Crippen molar-refractivity contribution < 1.29 is 22.7 Å². The van der Waals surface area contributed by atoms with E-state index in [0.29, 0.717) is 17.7 Å². The minimum Gasteiger partial charge on any atom is -0.465 e. The fourth-order valence-corrected chi connectivity index (χ4v) is 2.76. The third-order valence-corrected chi connectivity index (χ3v) is 4.22. The highest BCUT2D eigenvalue weighted by Crippen LogP contribution is 2.10. The van der Waals surface area contributed by atoms with Crippen molar-refractivity contribution in [3.05, 3.63) is 29.8 Å². The average molecular weight is 328 g/mol. The SMILES string of the molecule is CCCCS(=O)(=O)NCC(=O)Nc1ccc(C(=O)OC)cc1. The fraction of sp³-hybridized carbons (Fsp3) is 0.429. The largest absolute Gasteiger partial charge is 0.465 e. The van der Waals surface area contributed by atoms with Crippen LogP contribution in [0.4, 0.5) is 5.69 Å². The van der Waals surface area contributed by atoms with Crippen LogP contribution in [0.1, 0.15) is 30.1 Å². The highest BCUT2D eigenvalue weighted by atomic mass is 32.2. The number of ether oxygens (including phenoxy) is 1. The first kappa shape index (κ1) is 18.1. The molecule has 0 spiro atoms. The number of sulfonamides is 1. The Morgan fingerprint density at radius 2 is 1.82 bits per heavy atom. The van der Waals surface area contributed by atoms with Crippen molar-refractivity contribution in [2.45, 2.75) is 19.8 Å². The molecule has 0 heterocycles. The number of nitrogens with one attached hydrogen (secondary N) is 2. The lowest BCUT2D eigenvalue weighted by atomic mass is 10.2. The topological polar surface area (TPSA) is 102 Å². The molecule has 0 bridgehead atoms. The van der Waals surface area contributed by atoms with E-state index in [1.54, 1.807) is 0 Å². The van der Waals surface area contributed by atoms with Crippen molar-refractivity contribution in [1.82, 2.24) is 4.72 Å². The number of anilines is 1. The molecule has 0 fully saturated rings. The zero-order chi connectivity index (χ0) is 16.6. The normalized spacial score (nSPS) is 11.0. The van der Waals surface area contributed by atoms with Crippen molar-refractivity contribution in [3.63, 3.8) is 0 Å². The molecular weight excluding hydrogens is 308 g/mol. The predicted octanol–water partition coefficient (Wildman–Crippen LogP) is 1.13. The van der Waals surface area contributed by atoms with Crippen molar-refractivity contribution in [1.29, 1.82) is 0 Å². The van der Waals surface area contributed by atoms with E-state index in [9.17, 15) is 18.0 Å². The highest BCUT2D eigenvalue weighted by Gasteiger charge is 2.12. The molecule has 0 aliphatic rings. The molecule has 2 N–H and O–H groups in total. The second kappa shape index (κ2) is 8.50. The molecule has 0 atom stereocenters. The summed E-state index contributed by atoms with van der Waals surface area (Å²) in [4.78, 5) is 22.9. The number of rotatable bonds is 8. The smallest absolute Gasteiger partial charge is 0.337 e. The van der Waals surface area contributed by atoms with Crippen LogP contribution < -0.4 is 10.0 Å². The van der Waals surface area contributed by atoms with Crippen molar-refractivity contribution in [2.24, 2.45) is 0 Å². The molecule has 8 heteroatoms. The van der Waals surface area contributed by atoms with Crippen LogP contribution >= 0.6 is 0 Å². The predicted molar refractivity (Wildman–Crippen MR) is 83.1 cm³/mol. The van der Waals surface area contributed by atoms with E-state index in [1.165, 1.54) is 31.4 Å². The number of carbonyl (C=O) groups excluding carboxylic acids is 2. The van der Waals surface area contributed by atoms with Gasteiger partial charge in [0.25, 0.3) is 0 Å². The monoisotopic (exact) mass is 328 g/mol. The van der Waals surface area contributed by atoms with Gasteiger partial charge in [0.15, 0.2) is 0 Å². The lowest BCUT2D eigenvalue weighted by Gasteiger charge is -2.08. The van der Waals surface area contributed by atoms with Crippen LogP contribution in [0.15, 0.2) is 24.3 Å². The van der Waals surface area contributed by atoms with E-state index >= 15 is 0 Å². The molecule has 1 aromatic rings. The molecule has 0 saturated carbocycles. The van der Waals surface area contributed by atoms with Crippen LogP contribution in [0, 0.1) is 0 Å². The van der Waals surface area contributed by atoms with Crippen LogP contribution in [-0.4, -0.2) is 39.7 Å². The molecule has 1 amide bonds. The average Bonchev–Trinajstić information content (AvgIpc) is 2.51. The summed E-state index contributed by atoms with van der Waals surface area (Å²) in [6.45, 7) is 1.56. The third kappa shape index (κ3) is 6.23. The van der Waals surface area contributed by atoms with Crippen LogP contribution in [0.5, 0.6) is 0 Å². The van der Waals surface area contributed by atoms with Gasteiger partial charge in [0, 0.05) is 5.69 Å². The molecule has 0 aliphatic heterocycles. The Bertz CT molecular complexity index is 611. The summed E-state index contributed by atoms with van der Waals surface area (Å²) in [7, 11) is -2.14. The Morgan fingerprint density at radius 1 is 1.18 bits per heavy atom. The maximum atomic E-state index is 11.7. The zero-order valence-corrected chi connectivity index (χ0v) is 13.4. The quantitative estimate of drug-likeness (QED) is 0.697. The molecule has 1 rings (SSSR count). The van der Waals surface area contributed by atoms with E-state index in [4.69, 9.17) is 0 Å². The Labute approximate surface area is 130 Å². The second-order valence-corrected chi connectivity index (χ2v) is 6.54. The first-order valence-electron chi connectivity index (χ1n) is 6.83. The molecule has 22 heavy (non-hydrogen) atoms. The molecule has 122 valence electrons. The van der Waals surface area contributed by atoms with E-state index in [2.05, 4.69) is 14.8 Å². The molecule has 0 aromatic heterocycles. The van der Waals surface area contributed by atoms with E-state index < -0.39 is 21.9 Å². The highest BCUT2D eigenvalue weighted by molar-refractivity contribution is 7.89. The first-order valence-corrected chi connectivity index (χ1v) is 8.48. The number of methoxy groups -OCH3 is 1. The Balaban J connectivity index is 2.50. The number of carbonyl (C=O) groups is 2. The number of hydrogen-bond acceptors (Lipinski definition) is 5. The summed E-state index contributed by atoms with van der Waals surface area (Å²) >= 11 is 0. The Hall–Kier alpha value is -1.93. The molecular formula is C14H20N2O5S. The maximum Gasteiger partial charge on any atom is 0.337 e.